The van der Waals surface area contributed by atoms with E-state index >= 15 is 0 Å². The molecule has 0 bridgehead atoms. The molecule has 0 fully saturated rings. The molecule has 1 aliphatic heterocycles. The first-order valence-corrected chi connectivity index (χ1v) is 4.54. The van der Waals surface area contributed by atoms with Crippen LogP contribution in [0, 0.1) is 0 Å². The minimum Gasteiger partial charge on any atom is -0.430 e. The van der Waals surface area contributed by atoms with Crippen molar-refractivity contribution in [1.82, 2.24) is 0 Å². The zero-order valence-electron chi connectivity index (χ0n) is 9.00. The molecule has 1 rings (SSSR count). The van der Waals surface area contributed by atoms with Crippen LogP contribution in [-0.2, 0) is 4.74 Å². The molecule has 0 aromatic rings. The fraction of sp³-hybridized carbons (Fsp3) is 0.750. The first kappa shape index (κ1) is 12.6. The van der Waals surface area contributed by atoms with E-state index in [9.17, 15) is 18.0 Å². The maximum atomic E-state index is 12.6. The first-order chi connectivity index (χ1) is 7.21. The van der Waals surface area contributed by atoms with Crippen molar-refractivity contribution in [3.05, 3.63) is 0 Å². The fourth-order valence-electron chi connectivity index (χ4n) is 1.13. The van der Waals surface area contributed by atoms with E-state index in [-0.39, 0.29) is 12.4 Å². The lowest BCUT2D eigenvalue weighted by atomic mass is 10.2. The van der Waals surface area contributed by atoms with Gasteiger partial charge in [0, 0.05) is 13.8 Å². The van der Waals surface area contributed by atoms with E-state index in [1.165, 1.54) is 6.92 Å². The Bertz CT molecular complexity index is 375. The van der Waals surface area contributed by atoms with E-state index in [1.807, 2.05) is 0 Å². The monoisotopic (exact) mass is 238 g/mol. The molecule has 0 spiro atoms. The Hall–Kier alpha value is -1.47. The number of amides is 1. The van der Waals surface area contributed by atoms with Gasteiger partial charge in [-0.15, -0.1) is 0 Å². The molecule has 0 saturated heterocycles. The maximum Gasteiger partial charge on any atom is 0.533 e. The van der Waals surface area contributed by atoms with Gasteiger partial charge < -0.3 is 4.74 Å². The second kappa shape index (κ2) is 3.84. The number of alkyl halides is 3. The molecule has 5 nitrogen and oxygen atoms in total. The summed E-state index contributed by atoms with van der Waals surface area (Å²) in [5, 5.41) is 3.22. The second-order valence-electron chi connectivity index (χ2n) is 3.29. The number of halogens is 3. The Morgan fingerprint density at radius 3 is 2.50 bits per heavy atom. The molecule has 0 aromatic heterocycles. The number of hydrogen-bond acceptors (Lipinski definition) is 4. The molecule has 1 heterocycles. The van der Waals surface area contributed by atoms with Crippen LogP contribution in [0.15, 0.2) is 10.1 Å². The minimum atomic E-state index is -4.64. The molecule has 1 amide bonds. The van der Waals surface area contributed by atoms with Crippen LogP contribution < -0.4 is 0 Å². The van der Waals surface area contributed by atoms with Crippen molar-refractivity contribution < 1.29 is 27.4 Å². The lowest BCUT2D eigenvalue weighted by molar-refractivity contribution is -0.407. The Morgan fingerprint density at radius 2 is 2.12 bits per heavy atom. The molecule has 16 heavy (non-hydrogen) atoms. The highest BCUT2D eigenvalue weighted by Crippen LogP contribution is 2.37. The van der Waals surface area contributed by atoms with Gasteiger partial charge >= 0.3 is 23.8 Å². The molecule has 1 atom stereocenters. The average Bonchev–Trinajstić information content (AvgIpc) is 2.42. The Labute approximate surface area is 89.6 Å². The van der Waals surface area contributed by atoms with Crippen molar-refractivity contribution >= 4 is 11.9 Å². The van der Waals surface area contributed by atoms with Crippen LogP contribution >= 0.6 is 0 Å². The zero-order chi connectivity index (χ0) is 12.6. The van der Waals surface area contributed by atoms with Crippen LogP contribution in [0.3, 0.4) is 0 Å². The summed E-state index contributed by atoms with van der Waals surface area (Å²) in [5.41, 5.74) is -2.61. The summed E-state index contributed by atoms with van der Waals surface area (Å²) in [4.78, 5) is 14.6. The topological polar surface area (TPSA) is 54.0 Å². The van der Waals surface area contributed by atoms with Gasteiger partial charge in [-0.3, -0.25) is 0 Å². The summed E-state index contributed by atoms with van der Waals surface area (Å²) in [6, 6.07) is 0. The highest BCUT2D eigenvalue weighted by Gasteiger charge is 2.62. The molecule has 1 aliphatic rings. The fourth-order valence-corrected chi connectivity index (χ4v) is 1.13. The van der Waals surface area contributed by atoms with Crippen LogP contribution in [0.2, 0.25) is 0 Å². The zero-order valence-corrected chi connectivity index (χ0v) is 9.00. The van der Waals surface area contributed by atoms with Gasteiger partial charge in [-0.2, -0.15) is 18.0 Å². The Kier molecular flexibility index (Phi) is 3.02. The number of amidine groups is 1. The predicted octanol–water partition coefficient (Wildman–Crippen LogP) is 2.32. The van der Waals surface area contributed by atoms with E-state index in [0.29, 0.717) is 4.70 Å². The molecule has 1 unspecified atom stereocenters. The molecule has 8 heteroatoms. The number of aliphatic imine (C=N–C) groups is 1. The Morgan fingerprint density at radius 1 is 1.56 bits per heavy atom. The van der Waals surface area contributed by atoms with Crippen LogP contribution in [0.5, 0.6) is 0 Å². The third-order valence-corrected chi connectivity index (χ3v) is 1.96. The molecule has 0 aromatic carbocycles. The van der Waals surface area contributed by atoms with Gasteiger partial charge in [-0.25, -0.2) is 0 Å². The number of nitrogens with zero attached hydrogens (tertiary/aromatic N) is 3. The third-order valence-electron chi connectivity index (χ3n) is 1.96. The van der Waals surface area contributed by atoms with Crippen molar-refractivity contribution in [2.45, 2.75) is 32.6 Å². The van der Waals surface area contributed by atoms with E-state index < -0.39 is 17.9 Å². The standard InChI is InChI=1S/C8H11F3N3O2/c1-4-16-6(15)14-5(2)12-7(3,13-14)8(9,10)11/h4H2,1-3H3/q+1. The van der Waals surface area contributed by atoms with Gasteiger partial charge in [0.25, 0.3) is 0 Å². The lowest BCUT2D eigenvalue weighted by Crippen LogP contribution is -2.37. The number of carbonyl (C=O) groups excluding carboxylic acids is 1. The number of ether oxygens (including phenoxy) is 1. The Balaban J connectivity index is 3.05. The number of hydrogen-bond donors (Lipinski definition) is 0. The number of rotatable bonds is 1. The van der Waals surface area contributed by atoms with Crippen molar-refractivity contribution in [2.24, 2.45) is 10.1 Å². The summed E-state index contributed by atoms with van der Waals surface area (Å²) >= 11 is 0. The van der Waals surface area contributed by atoms with E-state index in [2.05, 4.69) is 14.8 Å². The summed E-state index contributed by atoms with van der Waals surface area (Å²) in [6.45, 7) is 3.65. The predicted molar refractivity (Wildman–Crippen MR) is 47.3 cm³/mol. The van der Waals surface area contributed by atoms with Gasteiger partial charge in [-0.1, -0.05) is 0 Å². The third kappa shape index (κ3) is 2.05. The highest BCUT2D eigenvalue weighted by atomic mass is 19.4. The smallest absolute Gasteiger partial charge is 0.430 e. The summed E-state index contributed by atoms with van der Waals surface area (Å²) in [7, 11) is 0. The highest BCUT2D eigenvalue weighted by molar-refractivity contribution is 5.81. The van der Waals surface area contributed by atoms with Crippen molar-refractivity contribution in [1.29, 1.82) is 0 Å². The SMILES string of the molecule is CCOC(=O)[N+]1=NC(C)(C(F)(F)F)N=C1C. The minimum absolute atomic E-state index is 0.0564. The molecule has 0 saturated carbocycles. The average molecular weight is 238 g/mol. The van der Waals surface area contributed by atoms with Crippen LogP contribution in [0.1, 0.15) is 20.8 Å². The van der Waals surface area contributed by atoms with E-state index in [1.54, 1.807) is 6.92 Å². The summed E-state index contributed by atoms with van der Waals surface area (Å²) in [5.74, 6) is -0.140. The summed E-state index contributed by atoms with van der Waals surface area (Å²) < 4.78 is 42.8. The summed E-state index contributed by atoms with van der Waals surface area (Å²) in [6.07, 6.45) is -5.60. The second-order valence-corrected chi connectivity index (χ2v) is 3.29. The molecule has 0 N–H and O–H groups in total. The molecule has 0 aliphatic carbocycles. The number of carbonyl (C=O) groups is 1. The molecular formula is C8H11F3N3O2+. The molecule has 90 valence electrons. The van der Waals surface area contributed by atoms with Crippen LogP contribution in [0.4, 0.5) is 18.0 Å². The maximum absolute atomic E-state index is 12.6. The quantitative estimate of drug-likeness (QED) is 0.658. The molecule has 0 radical (unpaired) electrons. The van der Waals surface area contributed by atoms with Gasteiger partial charge in [0.1, 0.15) is 0 Å². The van der Waals surface area contributed by atoms with Crippen LogP contribution in [0.25, 0.3) is 0 Å². The first-order valence-electron chi connectivity index (χ1n) is 4.54. The van der Waals surface area contributed by atoms with E-state index in [4.69, 9.17) is 0 Å². The lowest BCUT2D eigenvalue weighted by Gasteiger charge is -2.12. The van der Waals surface area contributed by atoms with Crippen molar-refractivity contribution in [3.63, 3.8) is 0 Å². The van der Waals surface area contributed by atoms with Crippen molar-refractivity contribution in [3.8, 4) is 0 Å². The molecular weight excluding hydrogens is 227 g/mol. The normalized spacial score (nSPS) is 25.1. The van der Waals surface area contributed by atoms with Crippen LogP contribution in [-0.4, -0.2) is 35.1 Å². The van der Waals surface area contributed by atoms with Gasteiger partial charge in [0.05, 0.1) is 6.61 Å². The number of azo groups is 2. The largest absolute Gasteiger partial charge is 0.533 e. The van der Waals surface area contributed by atoms with Crippen molar-refractivity contribution in [2.75, 3.05) is 6.61 Å². The van der Waals surface area contributed by atoms with Gasteiger partial charge in [-0.05, 0) is 21.7 Å². The van der Waals surface area contributed by atoms with E-state index in [0.717, 1.165) is 6.92 Å². The van der Waals surface area contributed by atoms with Gasteiger partial charge in [0.2, 0.25) is 0 Å². The van der Waals surface area contributed by atoms with Gasteiger partial charge in [0.15, 0.2) is 0 Å².